The van der Waals surface area contributed by atoms with E-state index in [1.807, 2.05) is 0 Å². The van der Waals surface area contributed by atoms with Crippen LogP contribution in [0.5, 0.6) is 0 Å². The molecule has 0 aromatic rings. The van der Waals surface area contributed by atoms with Gasteiger partial charge in [-0.05, 0) is 26.7 Å². The summed E-state index contributed by atoms with van der Waals surface area (Å²) in [6, 6.07) is -3.92. The zero-order valence-electron chi connectivity index (χ0n) is 18.8. The van der Waals surface area contributed by atoms with E-state index in [2.05, 4.69) is 28.6 Å². The third-order valence-corrected chi connectivity index (χ3v) is 4.66. The quantitative estimate of drug-likeness (QED) is 0.0526. The van der Waals surface area contributed by atoms with Crippen LogP contribution in [0, 0.1) is 5.41 Å². The van der Waals surface area contributed by atoms with Gasteiger partial charge in [-0.25, -0.2) is 4.79 Å². The van der Waals surface area contributed by atoms with E-state index in [0.29, 0.717) is 13.0 Å². The molecule has 0 aliphatic rings. The number of carbonyl (C=O) groups excluding carboxylic acids is 3. The highest BCUT2D eigenvalue weighted by Gasteiger charge is 2.40. The normalized spacial score (nSPS) is 13.7. The molecule has 33 heavy (non-hydrogen) atoms. The number of aliphatic carboxylic acids is 2. The van der Waals surface area contributed by atoms with Crippen molar-refractivity contribution in [2.45, 2.75) is 56.0 Å². The Kier molecular flexibility index (Phi) is 12.2. The van der Waals surface area contributed by atoms with Gasteiger partial charge < -0.3 is 42.5 Å². The highest BCUT2D eigenvalue weighted by atomic mass is 32.1. The second-order valence-corrected chi connectivity index (χ2v) is 9.02. The summed E-state index contributed by atoms with van der Waals surface area (Å²) in [6.07, 6.45) is -0.117. The van der Waals surface area contributed by atoms with Gasteiger partial charge in [0.25, 0.3) is 0 Å². The summed E-state index contributed by atoms with van der Waals surface area (Å²) in [6.45, 7) is 2.70. The fourth-order valence-electron chi connectivity index (χ4n) is 2.91. The highest BCUT2D eigenvalue weighted by Crippen LogP contribution is 2.23. The Balaban J connectivity index is 5.01. The van der Waals surface area contributed by atoms with Gasteiger partial charge >= 0.3 is 11.9 Å². The minimum Gasteiger partial charge on any atom is -0.481 e. The molecule has 0 aliphatic carbocycles. The molecule has 0 saturated carbocycles. The lowest BCUT2D eigenvalue weighted by Crippen LogP contribution is -2.58. The van der Waals surface area contributed by atoms with E-state index < -0.39 is 65.5 Å². The lowest BCUT2D eigenvalue weighted by Gasteiger charge is -2.35. The Morgan fingerprint density at radius 1 is 1.15 bits per heavy atom. The molecule has 0 unspecified atom stereocenters. The number of likely N-dealkylation sites (N-methyl/N-ethyl adjacent to an activating group) is 1. The average molecular weight is 492 g/mol. The Hall–Kier alpha value is -3.07. The number of amides is 3. The summed E-state index contributed by atoms with van der Waals surface area (Å²) in [5.41, 5.74) is 10.9. The van der Waals surface area contributed by atoms with Gasteiger partial charge in [-0.15, -0.1) is 0 Å². The second-order valence-electron chi connectivity index (χ2n) is 7.87. The van der Waals surface area contributed by atoms with E-state index in [4.69, 9.17) is 22.0 Å². The van der Waals surface area contributed by atoms with Crippen LogP contribution in [0.3, 0.4) is 0 Å². The molecule has 0 radical (unpaired) electrons. The van der Waals surface area contributed by atoms with E-state index in [9.17, 15) is 29.1 Å². The van der Waals surface area contributed by atoms with Crippen molar-refractivity contribution in [3.8, 4) is 0 Å². The van der Waals surface area contributed by atoms with Crippen molar-refractivity contribution >= 4 is 48.2 Å². The minimum absolute atomic E-state index is 0.214. The van der Waals surface area contributed by atoms with Crippen molar-refractivity contribution in [2.75, 3.05) is 20.1 Å². The largest absolute Gasteiger partial charge is 0.481 e. The molecule has 188 valence electrons. The topological polar surface area (TPSA) is 241 Å². The predicted octanol–water partition coefficient (Wildman–Crippen LogP) is -2.73. The number of carboxylic acids is 2. The van der Waals surface area contributed by atoms with Crippen LogP contribution in [0.2, 0.25) is 0 Å². The van der Waals surface area contributed by atoms with Crippen LogP contribution in [0.25, 0.3) is 0 Å². The molecule has 14 nitrogen and oxygen atoms in total. The summed E-state index contributed by atoms with van der Waals surface area (Å²) >= 11 is 4.19. The zero-order valence-corrected chi connectivity index (χ0v) is 19.6. The number of rotatable bonds is 14. The van der Waals surface area contributed by atoms with Gasteiger partial charge in [0.2, 0.25) is 17.7 Å². The van der Waals surface area contributed by atoms with Crippen molar-refractivity contribution in [3.05, 3.63) is 0 Å². The van der Waals surface area contributed by atoms with Gasteiger partial charge in [0, 0.05) is 18.3 Å². The van der Waals surface area contributed by atoms with Gasteiger partial charge in [0.15, 0.2) is 5.96 Å². The minimum atomic E-state index is -1.57. The molecule has 3 amide bonds. The number of thiol groups is 1. The number of nitrogens with zero attached hydrogens (tertiary/aromatic N) is 1. The number of hydrogen-bond donors (Lipinski definition) is 9. The van der Waals surface area contributed by atoms with Crippen LogP contribution < -0.4 is 27.4 Å². The molecule has 0 fully saturated rings. The van der Waals surface area contributed by atoms with E-state index in [-0.39, 0.29) is 12.4 Å². The first-order valence-electron chi connectivity index (χ1n) is 9.92. The summed E-state index contributed by atoms with van der Waals surface area (Å²) in [5.74, 6) is -5.42. The van der Waals surface area contributed by atoms with Crippen molar-refractivity contribution in [2.24, 2.45) is 11.5 Å². The first kappa shape index (κ1) is 29.9. The summed E-state index contributed by atoms with van der Waals surface area (Å²) in [7, 11) is 1.17. The van der Waals surface area contributed by atoms with E-state index >= 15 is 0 Å². The molecule has 0 aromatic carbocycles. The SMILES string of the molecule is CN(C(=O)[C@H](CC(=O)O)NC(=O)CNC(=O)[C@@H](N)CCCNC(=N)N)[C@H](C(=O)O)C(C)(C)S. The van der Waals surface area contributed by atoms with Crippen LogP contribution in [0.15, 0.2) is 0 Å². The average Bonchev–Trinajstić information content (AvgIpc) is 2.66. The summed E-state index contributed by atoms with van der Waals surface area (Å²) < 4.78 is -1.17. The van der Waals surface area contributed by atoms with Crippen molar-refractivity contribution in [1.82, 2.24) is 20.9 Å². The van der Waals surface area contributed by atoms with Crippen LogP contribution in [0.4, 0.5) is 0 Å². The van der Waals surface area contributed by atoms with Gasteiger partial charge in [0.05, 0.1) is 19.0 Å². The Bertz CT molecular complexity index is 757. The fourth-order valence-corrected chi connectivity index (χ4v) is 3.19. The molecular formula is C18H33N7O7S. The maximum Gasteiger partial charge on any atom is 0.327 e. The Labute approximate surface area is 196 Å². The maximum atomic E-state index is 12.8. The van der Waals surface area contributed by atoms with Gasteiger partial charge in [0.1, 0.15) is 12.1 Å². The summed E-state index contributed by atoms with van der Waals surface area (Å²) in [4.78, 5) is 60.6. The molecule has 0 heterocycles. The van der Waals surface area contributed by atoms with Crippen LogP contribution in [-0.2, 0) is 24.0 Å². The lowest BCUT2D eigenvalue weighted by atomic mass is 10.0. The molecule has 0 bridgehead atoms. The molecule has 0 aliphatic heterocycles. The zero-order chi connectivity index (χ0) is 25.9. The van der Waals surface area contributed by atoms with E-state index in [1.165, 1.54) is 20.9 Å². The Morgan fingerprint density at radius 2 is 1.73 bits per heavy atom. The third-order valence-electron chi connectivity index (χ3n) is 4.42. The van der Waals surface area contributed by atoms with E-state index in [0.717, 1.165) is 4.90 Å². The van der Waals surface area contributed by atoms with Crippen LogP contribution in [-0.4, -0.2) is 93.7 Å². The maximum absolute atomic E-state index is 12.8. The molecule has 0 spiro atoms. The first-order valence-corrected chi connectivity index (χ1v) is 10.4. The smallest absolute Gasteiger partial charge is 0.327 e. The number of guanidine groups is 1. The molecule has 0 rings (SSSR count). The number of hydrogen-bond acceptors (Lipinski definition) is 8. The first-order chi connectivity index (χ1) is 15.1. The molecule has 0 saturated heterocycles. The van der Waals surface area contributed by atoms with Crippen LogP contribution in [0.1, 0.15) is 33.1 Å². The van der Waals surface area contributed by atoms with E-state index in [1.54, 1.807) is 0 Å². The number of nitrogens with two attached hydrogens (primary N) is 2. The third kappa shape index (κ3) is 11.4. The molecule has 3 atom stereocenters. The van der Waals surface area contributed by atoms with Gasteiger partial charge in [-0.3, -0.25) is 24.6 Å². The lowest BCUT2D eigenvalue weighted by molar-refractivity contribution is -0.152. The Morgan fingerprint density at radius 3 is 2.18 bits per heavy atom. The standard InChI is InChI=1S/C18H33N7O7S/c1-18(2,33)13(16(31)32)25(3)15(30)10(7-12(27)28)24-11(26)8-23-14(29)9(19)5-4-6-22-17(20)21/h9-10,13,33H,4-8,19H2,1-3H3,(H,23,29)(H,24,26)(H,27,28)(H,31,32)(H4,20,21,22)/t9-,10-,13+/m0/s1. The van der Waals surface area contributed by atoms with Gasteiger partial charge in [-0.1, -0.05) is 0 Å². The molecule has 0 aromatic heterocycles. The molecule has 15 heteroatoms. The summed E-state index contributed by atoms with van der Waals surface area (Å²) in [5, 5.41) is 32.6. The second kappa shape index (κ2) is 13.5. The molecular weight excluding hydrogens is 458 g/mol. The van der Waals surface area contributed by atoms with Crippen molar-refractivity contribution in [1.29, 1.82) is 5.41 Å². The molecule has 10 N–H and O–H groups in total. The fraction of sp³-hybridized carbons (Fsp3) is 0.667. The monoisotopic (exact) mass is 491 g/mol. The van der Waals surface area contributed by atoms with Crippen LogP contribution >= 0.6 is 12.6 Å². The van der Waals surface area contributed by atoms with Gasteiger partial charge in [-0.2, -0.15) is 12.6 Å². The predicted molar refractivity (Wildman–Crippen MR) is 122 cm³/mol. The number of carboxylic acid groups (broad SMARTS) is 2. The number of nitrogens with one attached hydrogen (secondary N) is 4. The van der Waals surface area contributed by atoms with Crippen molar-refractivity contribution in [3.63, 3.8) is 0 Å². The highest BCUT2D eigenvalue weighted by molar-refractivity contribution is 7.81. The number of carbonyl (C=O) groups is 5. The van der Waals surface area contributed by atoms with Crippen molar-refractivity contribution < 1.29 is 34.2 Å².